The molecule has 0 aromatic heterocycles. The molecule has 0 aliphatic heterocycles. The topological polar surface area (TPSA) is 18.5 Å². The molecule has 0 unspecified atom stereocenters. The number of benzene rings is 2. The maximum atomic E-state index is 13.9. The second-order valence-corrected chi connectivity index (χ2v) is 5.40. The highest BCUT2D eigenvalue weighted by Crippen LogP contribution is 2.23. The molecule has 0 spiro atoms. The predicted molar refractivity (Wildman–Crippen MR) is 87.2 cm³/mol. The molecule has 0 saturated heterocycles. The van der Waals surface area contributed by atoms with Gasteiger partial charge in [-0.1, -0.05) is 31.5 Å². The summed E-state index contributed by atoms with van der Waals surface area (Å²) in [5.41, 5.74) is 1.41. The quantitative estimate of drug-likeness (QED) is 0.642. The lowest BCUT2D eigenvalue weighted by Crippen LogP contribution is -2.00. The average molecular weight is 320 g/mol. The summed E-state index contributed by atoms with van der Waals surface area (Å²) >= 11 is 0. The van der Waals surface area contributed by atoms with Crippen LogP contribution in [0.4, 0.5) is 8.78 Å². The first-order chi connectivity index (χ1) is 11.2. The number of aryl methyl sites for hydroxylation is 2. The van der Waals surface area contributed by atoms with Crippen molar-refractivity contribution in [1.29, 1.82) is 0 Å². The molecule has 0 N–H and O–H groups in total. The molecule has 0 amide bonds. The fourth-order valence-corrected chi connectivity index (χ4v) is 2.29. The molecular formula is C19H22F2O2. The highest BCUT2D eigenvalue weighted by molar-refractivity contribution is 5.32. The van der Waals surface area contributed by atoms with Gasteiger partial charge in [0.05, 0.1) is 13.7 Å². The number of hydrogen-bond acceptors (Lipinski definition) is 2. The van der Waals surface area contributed by atoms with E-state index in [0.29, 0.717) is 25.0 Å². The summed E-state index contributed by atoms with van der Waals surface area (Å²) in [6.07, 6.45) is 3.20. The van der Waals surface area contributed by atoms with Crippen LogP contribution >= 0.6 is 0 Å². The zero-order chi connectivity index (χ0) is 16.7. The molecule has 2 aromatic rings. The van der Waals surface area contributed by atoms with Gasteiger partial charge in [-0.25, -0.2) is 4.39 Å². The summed E-state index contributed by atoms with van der Waals surface area (Å²) in [6.45, 7) is 2.83. The largest absolute Gasteiger partial charge is 0.494 e. The van der Waals surface area contributed by atoms with Crippen LogP contribution in [-0.4, -0.2) is 13.7 Å². The number of methoxy groups -OCH3 is 1. The van der Waals surface area contributed by atoms with E-state index in [9.17, 15) is 8.78 Å². The molecular weight excluding hydrogens is 298 g/mol. The Bertz CT molecular complexity index is 624. The zero-order valence-electron chi connectivity index (χ0n) is 13.6. The van der Waals surface area contributed by atoms with Gasteiger partial charge < -0.3 is 9.47 Å². The number of rotatable bonds is 8. The Morgan fingerprint density at radius 3 is 2.30 bits per heavy atom. The second-order valence-electron chi connectivity index (χ2n) is 5.40. The molecule has 4 heteroatoms. The van der Waals surface area contributed by atoms with Gasteiger partial charge in [-0.05, 0) is 48.6 Å². The van der Waals surface area contributed by atoms with Gasteiger partial charge in [0.25, 0.3) is 0 Å². The molecule has 0 saturated carbocycles. The second kappa shape index (κ2) is 8.51. The van der Waals surface area contributed by atoms with E-state index in [1.807, 2.05) is 24.3 Å². The number of hydrogen-bond donors (Lipinski definition) is 0. The SMILES string of the molecule is CCCCOc1ccc(CCc2ccc(OC)c(F)c2F)cc1. The molecule has 0 bridgehead atoms. The van der Waals surface area contributed by atoms with Gasteiger partial charge in [0.15, 0.2) is 11.6 Å². The van der Waals surface area contributed by atoms with E-state index >= 15 is 0 Å². The third-order valence-electron chi connectivity index (χ3n) is 3.72. The van der Waals surface area contributed by atoms with E-state index < -0.39 is 11.6 Å². The molecule has 0 fully saturated rings. The molecule has 2 rings (SSSR count). The van der Waals surface area contributed by atoms with Crippen LogP contribution in [0.25, 0.3) is 0 Å². The summed E-state index contributed by atoms with van der Waals surface area (Å²) in [7, 11) is 1.32. The Morgan fingerprint density at radius 2 is 1.65 bits per heavy atom. The monoisotopic (exact) mass is 320 g/mol. The molecule has 124 valence electrons. The fourth-order valence-electron chi connectivity index (χ4n) is 2.29. The summed E-state index contributed by atoms with van der Waals surface area (Å²) < 4.78 is 38.0. The third-order valence-corrected chi connectivity index (χ3v) is 3.72. The van der Waals surface area contributed by atoms with E-state index in [4.69, 9.17) is 9.47 Å². The lowest BCUT2D eigenvalue weighted by Gasteiger charge is -2.09. The van der Waals surface area contributed by atoms with Crippen molar-refractivity contribution in [2.45, 2.75) is 32.6 Å². The van der Waals surface area contributed by atoms with Crippen LogP contribution in [-0.2, 0) is 12.8 Å². The van der Waals surface area contributed by atoms with Gasteiger partial charge in [-0.15, -0.1) is 0 Å². The van der Waals surface area contributed by atoms with Gasteiger partial charge >= 0.3 is 0 Å². The standard InChI is InChI=1S/C19H22F2O2/c1-3-4-13-23-16-10-6-14(7-11-16)5-8-15-9-12-17(22-2)19(21)18(15)20/h6-7,9-12H,3-5,8,13H2,1-2H3. The van der Waals surface area contributed by atoms with Crippen molar-refractivity contribution in [3.05, 3.63) is 59.2 Å². The molecule has 0 radical (unpaired) electrons. The summed E-state index contributed by atoms with van der Waals surface area (Å²) in [5, 5.41) is 0. The van der Waals surface area contributed by atoms with Crippen molar-refractivity contribution >= 4 is 0 Å². The van der Waals surface area contributed by atoms with Crippen molar-refractivity contribution < 1.29 is 18.3 Å². The van der Waals surface area contributed by atoms with Gasteiger partial charge in [0.2, 0.25) is 5.82 Å². The van der Waals surface area contributed by atoms with Gasteiger partial charge in [0.1, 0.15) is 5.75 Å². The molecule has 23 heavy (non-hydrogen) atoms. The summed E-state index contributed by atoms with van der Waals surface area (Å²) in [6, 6.07) is 10.8. The molecule has 0 heterocycles. The molecule has 2 aromatic carbocycles. The summed E-state index contributed by atoms with van der Waals surface area (Å²) in [5.74, 6) is -0.989. The third kappa shape index (κ3) is 4.68. The van der Waals surface area contributed by atoms with E-state index in [1.54, 1.807) is 6.07 Å². The number of ether oxygens (including phenoxy) is 2. The molecule has 0 atom stereocenters. The van der Waals surface area contributed by atoms with Crippen LogP contribution in [0.3, 0.4) is 0 Å². The van der Waals surface area contributed by atoms with Gasteiger partial charge in [-0.3, -0.25) is 0 Å². The minimum atomic E-state index is -0.926. The van der Waals surface area contributed by atoms with E-state index in [2.05, 4.69) is 6.92 Å². The Kier molecular flexibility index (Phi) is 6.39. The Balaban J connectivity index is 1.94. The molecule has 0 aliphatic rings. The van der Waals surface area contributed by atoms with Crippen LogP contribution in [0.2, 0.25) is 0 Å². The van der Waals surface area contributed by atoms with Crippen molar-refractivity contribution in [3.8, 4) is 11.5 Å². The lowest BCUT2D eigenvalue weighted by atomic mass is 10.0. The number of unbranched alkanes of at least 4 members (excludes halogenated alkanes) is 1. The highest BCUT2D eigenvalue weighted by atomic mass is 19.2. The van der Waals surface area contributed by atoms with Crippen molar-refractivity contribution in [3.63, 3.8) is 0 Å². The number of halogens is 2. The van der Waals surface area contributed by atoms with Crippen molar-refractivity contribution in [1.82, 2.24) is 0 Å². The van der Waals surface area contributed by atoms with E-state index in [-0.39, 0.29) is 5.75 Å². The minimum Gasteiger partial charge on any atom is -0.494 e. The van der Waals surface area contributed by atoms with Crippen LogP contribution in [0.15, 0.2) is 36.4 Å². The fraction of sp³-hybridized carbons (Fsp3) is 0.368. The smallest absolute Gasteiger partial charge is 0.200 e. The van der Waals surface area contributed by atoms with E-state index in [0.717, 1.165) is 24.2 Å². The average Bonchev–Trinajstić information content (AvgIpc) is 2.58. The highest BCUT2D eigenvalue weighted by Gasteiger charge is 2.13. The van der Waals surface area contributed by atoms with Crippen molar-refractivity contribution in [2.75, 3.05) is 13.7 Å². The first kappa shape index (κ1) is 17.3. The van der Waals surface area contributed by atoms with Crippen LogP contribution in [0, 0.1) is 11.6 Å². The minimum absolute atomic E-state index is 0.0696. The first-order valence-corrected chi connectivity index (χ1v) is 7.88. The Hall–Kier alpha value is -2.10. The Labute approximate surface area is 136 Å². The molecule has 2 nitrogen and oxygen atoms in total. The zero-order valence-corrected chi connectivity index (χ0v) is 13.6. The van der Waals surface area contributed by atoms with Crippen LogP contribution in [0.1, 0.15) is 30.9 Å². The van der Waals surface area contributed by atoms with Crippen molar-refractivity contribution in [2.24, 2.45) is 0 Å². The maximum absolute atomic E-state index is 13.9. The lowest BCUT2D eigenvalue weighted by molar-refractivity contribution is 0.309. The predicted octanol–water partition coefficient (Wildman–Crippen LogP) is 4.94. The first-order valence-electron chi connectivity index (χ1n) is 7.88. The molecule has 0 aliphatic carbocycles. The summed E-state index contributed by atoms with van der Waals surface area (Å²) in [4.78, 5) is 0. The van der Waals surface area contributed by atoms with Gasteiger partial charge in [-0.2, -0.15) is 4.39 Å². The van der Waals surface area contributed by atoms with Crippen LogP contribution < -0.4 is 9.47 Å². The van der Waals surface area contributed by atoms with Crippen LogP contribution in [0.5, 0.6) is 11.5 Å². The normalized spacial score (nSPS) is 10.6. The maximum Gasteiger partial charge on any atom is 0.200 e. The Morgan fingerprint density at radius 1 is 0.913 bits per heavy atom. The van der Waals surface area contributed by atoms with Gasteiger partial charge in [0, 0.05) is 0 Å². The van der Waals surface area contributed by atoms with E-state index in [1.165, 1.54) is 13.2 Å².